The van der Waals surface area contributed by atoms with Crippen LogP contribution in [0, 0.1) is 12.8 Å². The first-order valence-corrected chi connectivity index (χ1v) is 6.94. The molecule has 1 aromatic rings. The fraction of sp³-hybridized carbons (Fsp3) is 0.538. The number of hydrogen-bond donors (Lipinski definition) is 2. The highest BCUT2D eigenvalue weighted by molar-refractivity contribution is 7.99. The second-order valence-electron chi connectivity index (χ2n) is 4.54. The molecule has 88 valence electrons. The van der Waals surface area contributed by atoms with Crippen molar-refractivity contribution in [3.8, 4) is 0 Å². The van der Waals surface area contributed by atoms with Crippen LogP contribution in [-0.2, 0) is 0 Å². The number of rotatable bonds is 3. The summed E-state index contributed by atoms with van der Waals surface area (Å²) >= 11 is 1.95. The third-order valence-corrected chi connectivity index (χ3v) is 4.35. The van der Waals surface area contributed by atoms with Gasteiger partial charge in [0.15, 0.2) is 0 Å². The minimum atomic E-state index is 0.830. The van der Waals surface area contributed by atoms with E-state index in [1.165, 1.54) is 42.1 Å². The van der Waals surface area contributed by atoms with E-state index in [-0.39, 0.29) is 0 Å². The zero-order valence-corrected chi connectivity index (χ0v) is 10.6. The summed E-state index contributed by atoms with van der Waals surface area (Å²) in [7, 11) is 0. The maximum Gasteiger partial charge on any atom is 0.0344 e. The predicted molar refractivity (Wildman–Crippen MR) is 71.9 cm³/mol. The fourth-order valence-corrected chi connectivity index (χ4v) is 3.16. The van der Waals surface area contributed by atoms with Gasteiger partial charge in [-0.05, 0) is 62.5 Å². The van der Waals surface area contributed by atoms with Gasteiger partial charge in [0, 0.05) is 16.3 Å². The highest BCUT2D eigenvalue weighted by Crippen LogP contribution is 2.26. The lowest BCUT2D eigenvalue weighted by molar-refractivity contribution is 0.410. The quantitative estimate of drug-likeness (QED) is 0.626. The highest BCUT2D eigenvalue weighted by Gasteiger charge is 2.12. The van der Waals surface area contributed by atoms with Crippen molar-refractivity contribution >= 4 is 17.4 Å². The molecule has 2 rings (SSSR count). The van der Waals surface area contributed by atoms with E-state index in [0.717, 1.165) is 11.6 Å². The van der Waals surface area contributed by atoms with Crippen LogP contribution in [0.15, 0.2) is 23.1 Å². The first kappa shape index (κ1) is 11.8. The van der Waals surface area contributed by atoms with Crippen molar-refractivity contribution in [2.24, 2.45) is 5.92 Å². The molecule has 0 spiro atoms. The molecular formula is C13H20N2S. The van der Waals surface area contributed by atoms with Crippen LogP contribution >= 0.6 is 11.8 Å². The Balaban J connectivity index is 1.86. The molecule has 3 heteroatoms. The van der Waals surface area contributed by atoms with E-state index in [0.29, 0.717) is 0 Å². The molecule has 0 radical (unpaired) electrons. The van der Waals surface area contributed by atoms with Crippen molar-refractivity contribution < 1.29 is 0 Å². The van der Waals surface area contributed by atoms with E-state index < -0.39 is 0 Å². The molecule has 16 heavy (non-hydrogen) atoms. The summed E-state index contributed by atoms with van der Waals surface area (Å²) in [4.78, 5) is 1.34. The molecule has 1 heterocycles. The molecular weight excluding hydrogens is 216 g/mol. The number of hydrogen-bond acceptors (Lipinski definition) is 3. The second-order valence-corrected chi connectivity index (χ2v) is 5.64. The Morgan fingerprint density at radius 3 is 3.06 bits per heavy atom. The second kappa shape index (κ2) is 5.60. The lowest BCUT2D eigenvalue weighted by Gasteiger charge is -2.22. The SMILES string of the molecule is Cc1cc(SCC2CCCNC2)ccc1N. The number of thioether (sulfide) groups is 1. The van der Waals surface area contributed by atoms with Crippen LogP contribution in [0.4, 0.5) is 5.69 Å². The molecule has 2 nitrogen and oxygen atoms in total. The maximum absolute atomic E-state index is 5.81. The Labute approximate surface area is 102 Å². The van der Waals surface area contributed by atoms with E-state index in [9.17, 15) is 0 Å². The van der Waals surface area contributed by atoms with Crippen molar-refractivity contribution in [2.75, 3.05) is 24.6 Å². The topological polar surface area (TPSA) is 38.0 Å². The van der Waals surface area contributed by atoms with Crippen LogP contribution in [0.2, 0.25) is 0 Å². The summed E-state index contributed by atoms with van der Waals surface area (Å²) in [6.45, 7) is 4.45. The summed E-state index contributed by atoms with van der Waals surface area (Å²) in [6.07, 6.45) is 2.69. The maximum atomic E-state index is 5.81. The number of nitrogens with two attached hydrogens (primary N) is 1. The summed E-state index contributed by atoms with van der Waals surface area (Å²) in [6, 6.07) is 6.33. The third-order valence-electron chi connectivity index (χ3n) is 3.13. The van der Waals surface area contributed by atoms with Gasteiger partial charge in [-0.1, -0.05) is 0 Å². The Morgan fingerprint density at radius 1 is 1.50 bits per heavy atom. The molecule has 1 aliphatic rings. The Kier molecular flexibility index (Phi) is 4.13. The number of anilines is 1. The normalized spacial score (nSPS) is 20.9. The molecule has 0 bridgehead atoms. The van der Waals surface area contributed by atoms with Crippen LogP contribution in [-0.4, -0.2) is 18.8 Å². The van der Waals surface area contributed by atoms with Gasteiger partial charge in [0.25, 0.3) is 0 Å². The van der Waals surface area contributed by atoms with Gasteiger partial charge in [0.1, 0.15) is 0 Å². The first-order chi connectivity index (χ1) is 7.75. The average Bonchev–Trinajstić information content (AvgIpc) is 2.32. The Morgan fingerprint density at radius 2 is 2.38 bits per heavy atom. The van der Waals surface area contributed by atoms with Crippen LogP contribution in [0.5, 0.6) is 0 Å². The minimum absolute atomic E-state index is 0.830. The Bertz CT molecular complexity index is 346. The molecule has 1 fully saturated rings. The third kappa shape index (κ3) is 3.16. The molecule has 1 saturated heterocycles. The molecule has 3 N–H and O–H groups in total. The van der Waals surface area contributed by atoms with Crippen molar-refractivity contribution in [1.29, 1.82) is 0 Å². The molecule has 1 aliphatic heterocycles. The van der Waals surface area contributed by atoms with Crippen molar-refractivity contribution in [2.45, 2.75) is 24.7 Å². The average molecular weight is 236 g/mol. The van der Waals surface area contributed by atoms with E-state index >= 15 is 0 Å². The van der Waals surface area contributed by atoms with Crippen LogP contribution in [0.3, 0.4) is 0 Å². The molecule has 0 aromatic heterocycles. The van der Waals surface area contributed by atoms with Crippen LogP contribution < -0.4 is 11.1 Å². The van der Waals surface area contributed by atoms with Gasteiger partial charge in [0.05, 0.1) is 0 Å². The molecule has 0 amide bonds. The zero-order chi connectivity index (χ0) is 11.4. The predicted octanol–water partition coefficient (Wildman–Crippen LogP) is 2.67. The molecule has 0 aliphatic carbocycles. The molecule has 1 unspecified atom stereocenters. The Hall–Kier alpha value is -0.670. The summed E-state index contributed by atoms with van der Waals surface area (Å²) in [5.41, 5.74) is 7.89. The van der Waals surface area contributed by atoms with Crippen molar-refractivity contribution in [3.05, 3.63) is 23.8 Å². The van der Waals surface area contributed by atoms with Gasteiger partial charge in [-0.25, -0.2) is 0 Å². The molecule has 1 atom stereocenters. The lowest BCUT2D eigenvalue weighted by atomic mass is 10.0. The first-order valence-electron chi connectivity index (χ1n) is 5.95. The van der Waals surface area contributed by atoms with Gasteiger partial charge in [-0.15, -0.1) is 11.8 Å². The highest BCUT2D eigenvalue weighted by atomic mass is 32.2. The number of nitrogens with one attached hydrogen (secondary N) is 1. The minimum Gasteiger partial charge on any atom is -0.399 e. The van der Waals surface area contributed by atoms with E-state index in [1.807, 2.05) is 17.8 Å². The summed E-state index contributed by atoms with van der Waals surface area (Å²) in [5.74, 6) is 2.05. The number of nitrogen functional groups attached to an aromatic ring is 1. The van der Waals surface area contributed by atoms with E-state index in [1.54, 1.807) is 0 Å². The van der Waals surface area contributed by atoms with E-state index in [2.05, 4.69) is 24.4 Å². The number of aryl methyl sites for hydroxylation is 1. The number of benzene rings is 1. The zero-order valence-electron chi connectivity index (χ0n) is 9.83. The van der Waals surface area contributed by atoms with Gasteiger partial charge in [-0.2, -0.15) is 0 Å². The standard InChI is InChI=1S/C13H20N2S/c1-10-7-12(4-5-13(10)14)16-9-11-3-2-6-15-8-11/h4-5,7,11,15H,2-3,6,8-9,14H2,1H3. The largest absolute Gasteiger partial charge is 0.399 e. The van der Waals surface area contributed by atoms with Crippen molar-refractivity contribution in [1.82, 2.24) is 5.32 Å². The summed E-state index contributed by atoms with van der Waals surface area (Å²) in [5, 5.41) is 3.46. The number of piperidine rings is 1. The fourth-order valence-electron chi connectivity index (χ4n) is 2.02. The smallest absolute Gasteiger partial charge is 0.0344 e. The van der Waals surface area contributed by atoms with Crippen LogP contribution in [0.25, 0.3) is 0 Å². The van der Waals surface area contributed by atoms with Gasteiger partial charge < -0.3 is 11.1 Å². The van der Waals surface area contributed by atoms with Gasteiger partial charge in [-0.3, -0.25) is 0 Å². The van der Waals surface area contributed by atoms with E-state index in [4.69, 9.17) is 5.73 Å². The van der Waals surface area contributed by atoms with Crippen LogP contribution in [0.1, 0.15) is 18.4 Å². The van der Waals surface area contributed by atoms with Gasteiger partial charge in [0.2, 0.25) is 0 Å². The summed E-state index contributed by atoms with van der Waals surface area (Å²) < 4.78 is 0. The molecule has 1 aromatic carbocycles. The molecule has 0 saturated carbocycles. The van der Waals surface area contributed by atoms with Gasteiger partial charge >= 0.3 is 0 Å². The lowest BCUT2D eigenvalue weighted by Crippen LogP contribution is -2.30. The van der Waals surface area contributed by atoms with Crippen molar-refractivity contribution in [3.63, 3.8) is 0 Å². The monoisotopic (exact) mass is 236 g/mol.